The van der Waals surface area contributed by atoms with E-state index in [0.717, 1.165) is 5.12 Å². The summed E-state index contributed by atoms with van der Waals surface area (Å²) in [6, 6.07) is 0. The molecule has 1 aliphatic heterocycles. The molecule has 11 heteroatoms. The summed E-state index contributed by atoms with van der Waals surface area (Å²) >= 11 is 5.42. The topological polar surface area (TPSA) is 117 Å². The molecule has 1 N–H and O–H groups in total. The molecule has 0 atom stereocenters. The Bertz CT molecular complexity index is 291. The van der Waals surface area contributed by atoms with Crippen molar-refractivity contribution >= 4 is 16.9 Å². The fourth-order valence-electron chi connectivity index (χ4n) is 0.843. The SMILES string of the molecule is CN1NN=C(Cl)N1C([N+](=O)[O-])[N+](=O)[O-]. The van der Waals surface area contributed by atoms with E-state index >= 15 is 0 Å². The Hall–Kier alpha value is -1.68. The Labute approximate surface area is 81.9 Å². The molecule has 0 bridgehead atoms. The van der Waals surface area contributed by atoms with E-state index in [1.54, 1.807) is 0 Å². The zero-order valence-corrected chi connectivity index (χ0v) is 7.58. The van der Waals surface area contributed by atoms with E-state index in [1.807, 2.05) is 0 Å². The quantitative estimate of drug-likeness (QED) is 0.283. The van der Waals surface area contributed by atoms with E-state index < -0.39 is 16.1 Å². The Morgan fingerprint density at radius 3 is 2.29 bits per heavy atom. The fraction of sp³-hybridized carbons (Fsp3) is 0.667. The maximum Gasteiger partial charge on any atom is 0.552 e. The molecule has 78 valence electrons. The second kappa shape index (κ2) is 3.59. The van der Waals surface area contributed by atoms with Gasteiger partial charge in [0.2, 0.25) is 5.29 Å². The van der Waals surface area contributed by atoms with Crippen LogP contribution in [0.5, 0.6) is 0 Å². The molecule has 0 unspecified atom stereocenters. The number of halogens is 1. The van der Waals surface area contributed by atoms with Crippen LogP contribution in [0.2, 0.25) is 0 Å². The van der Waals surface area contributed by atoms with Crippen molar-refractivity contribution in [2.45, 2.75) is 6.29 Å². The second-order valence-electron chi connectivity index (χ2n) is 2.27. The van der Waals surface area contributed by atoms with Crippen molar-refractivity contribution in [1.29, 1.82) is 0 Å². The van der Waals surface area contributed by atoms with Gasteiger partial charge in [-0.2, -0.15) is 0 Å². The molecule has 0 fully saturated rings. The molecule has 0 spiro atoms. The highest BCUT2D eigenvalue weighted by atomic mass is 35.5. The smallest absolute Gasteiger partial charge is 0.257 e. The number of hydrogen-bond acceptors (Lipinski definition) is 8. The van der Waals surface area contributed by atoms with Crippen LogP contribution in [0.3, 0.4) is 0 Å². The average Bonchev–Trinajstić information content (AvgIpc) is 2.34. The van der Waals surface area contributed by atoms with Crippen LogP contribution in [0.25, 0.3) is 0 Å². The predicted molar refractivity (Wildman–Crippen MR) is 43.8 cm³/mol. The van der Waals surface area contributed by atoms with Gasteiger partial charge in [-0.25, -0.2) is 5.53 Å². The molecule has 0 amide bonds. The van der Waals surface area contributed by atoms with Crippen LogP contribution in [-0.2, 0) is 0 Å². The van der Waals surface area contributed by atoms with Gasteiger partial charge < -0.3 is 0 Å². The van der Waals surface area contributed by atoms with Crippen LogP contribution < -0.4 is 5.53 Å². The van der Waals surface area contributed by atoms with Crippen molar-refractivity contribution < 1.29 is 9.85 Å². The van der Waals surface area contributed by atoms with Crippen molar-refractivity contribution in [3.63, 3.8) is 0 Å². The molecule has 0 aromatic rings. The van der Waals surface area contributed by atoms with Gasteiger partial charge in [0.1, 0.15) is 9.85 Å². The molecule has 0 aliphatic carbocycles. The number of hydrogen-bond donors (Lipinski definition) is 1. The standard InChI is InChI=1S/C3H5ClN6O4/c1-7-6-5-2(4)8(7)3(9(11)12)10(13)14/h3,6H,1H3. The first-order valence-corrected chi connectivity index (χ1v) is 3.61. The van der Waals surface area contributed by atoms with Crippen LogP contribution in [0, 0.1) is 20.2 Å². The van der Waals surface area contributed by atoms with E-state index in [1.165, 1.54) is 7.05 Å². The molecule has 1 heterocycles. The molecule has 0 saturated heterocycles. The minimum Gasteiger partial charge on any atom is -0.257 e. The van der Waals surface area contributed by atoms with Crippen LogP contribution in [-0.4, -0.2) is 38.6 Å². The van der Waals surface area contributed by atoms with Crippen LogP contribution in [0.1, 0.15) is 0 Å². The Morgan fingerprint density at radius 2 is 2.00 bits per heavy atom. The molecule has 1 rings (SSSR count). The molecule has 14 heavy (non-hydrogen) atoms. The summed E-state index contributed by atoms with van der Waals surface area (Å²) in [5, 5.41) is 25.3. The molecule has 10 nitrogen and oxygen atoms in total. The summed E-state index contributed by atoms with van der Waals surface area (Å²) in [5.41, 5.74) is 2.22. The molecular formula is C3H5ClN6O4. The van der Waals surface area contributed by atoms with Crippen molar-refractivity contribution in [2.75, 3.05) is 7.05 Å². The molecule has 0 radical (unpaired) electrons. The van der Waals surface area contributed by atoms with E-state index in [9.17, 15) is 20.2 Å². The number of nitrogens with zero attached hydrogens (tertiary/aromatic N) is 5. The van der Waals surface area contributed by atoms with Crippen molar-refractivity contribution in [1.82, 2.24) is 15.7 Å². The minimum atomic E-state index is -2.19. The normalized spacial score (nSPS) is 16.8. The summed E-state index contributed by atoms with van der Waals surface area (Å²) in [7, 11) is 1.30. The maximum atomic E-state index is 10.4. The first kappa shape index (κ1) is 10.4. The van der Waals surface area contributed by atoms with Crippen LogP contribution in [0.4, 0.5) is 0 Å². The summed E-state index contributed by atoms with van der Waals surface area (Å²) < 4.78 is 0. The van der Waals surface area contributed by atoms with Gasteiger partial charge in [0.15, 0.2) is 0 Å². The summed E-state index contributed by atoms with van der Waals surface area (Å²) in [5.74, 6) is 0. The third-order valence-electron chi connectivity index (χ3n) is 1.40. The Kier molecular flexibility index (Phi) is 2.67. The highest BCUT2D eigenvalue weighted by molar-refractivity contribution is 6.64. The van der Waals surface area contributed by atoms with Crippen LogP contribution >= 0.6 is 11.6 Å². The first-order valence-electron chi connectivity index (χ1n) is 3.24. The van der Waals surface area contributed by atoms with E-state index in [2.05, 4.69) is 10.6 Å². The highest BCUT2D eigenvalue weighted by Crippen LogP contribution is 2.11. The van der Waals surface area contributed by atoms with E-state index in [0.29, 0.717) is 5.01 Å². The maximum absolute atomic E-state index is 10.4. The Balaban J connectivity index is 2.93. The zero-order valence-electron chi connectivity index (χ0n) is 6.82. The lowest BCUT2D eigenvalue weighted by Gasteiger charge is -2.20. The first-order chi connectivity index (χ1) is 6.45. The Morgan fingerprint density at radius 1 is 1.50 bits per heavy atom. The van der Waals surface area contributed by atoms with Gasteiger partial charge in [-0.05, 0) is 11.6 Å². The number of nitro groups is 2. The van der Waals surface area contributed by atoms with E-state index in [-0.39, 0.29) is 5.29 Å². The van der Waals surface area contributed by atoms with Gasteiger partial charge in [-0.15, -0.1) is 15.2 Å². The molecule has 0 aromatic carbocycles. The van der Waals surface area contributed by atoms with E-state index in [4.69, 9.17) is 11.6 Å². The lowest BCUT2D eigenvalue weighted by molar-refractivity contribution is -0.771. The molecule has 1 aliphatic rings. The highest BCUT2D eigenvalue weighted by Gasteiger charge is 2.46. The third kappa shape index (κ3) is 1.65. The predicted octanol–water partition coefficient (Wildman–Crippen LogP) is -1.000. The van der Waals surface area contributed by atoms with Gasteiger partial charge in [0, 0.05) is 7.05 Å². The van der Waals surface area contributed by atoms with Crippen LogP contribution in [0.15, 0.2) is 5.10 Å². The average molecular weight is 225 g/mol. The molecular weight excluding hydrogens is 220 g/mol. The summed E-state index contributed by atoms with van der Waals surface area (Å²) in [6.07, 6.45) is -2.19. The van der Waals surface area contributed by atoms with Crippen molar-refractivity contribution in [2.24, 2.45) is 5.10 Å². The lowest BCUT2D eigenvalue weighted by atomic mass is 10.8. The number of nitrogens with one attached hydrogen (secondary N) is 1. The van der Waals surface area contributed by atoms with Gasteiger partial charge >= 0.3 is 6.29 Å². The molecule has 0 aromatic heterocycles. The summed E-state index contributed by atoms with van der Waals surface area (Å²) in [6.45, 7) is 0. The van der Waals surface area contributed by atoms with Crippen molar-refractivity contribution in [3.8, 4) is 0 Å². The number of amidine groups is 1. The monoisotopic (exact) mass is 224 g/mol. The third-order valence-corrected chi connectivity index (χ3v) is 1.65. The van der Waals surface area contributed by atoms with Gasteiger partial charge in [-0.1, -0.05) is 0 Å². The number of rotatable bonds is 3. The van der Waals surface area contributed by atoms with Crippen molar-refractivity contribution in [3.05, 3.63) is 20.2 Å². The zero-order chi connectivity index (χ0) is 10.9. The second-order valence-corrected chi connectivity index (χ2v) is 2.60. The molecule has 0 saturated carbocycles. The van der Waals surface area contributed by atoms with Gasteiger partial charge in [-0.3, -0.25) is 20.2 Å². The summed E-state index contributed by atoms with van der Waals surface area (Å²) in [4.78, 5) is 18.6. The fourth-order valence-corrected chi connectivity index (χ4v) is 1.08. The largest absolute Gasteiger partial charge is 0.552 e. The van der Waals surface area contributed by atoms with Gasteiger partial charge in [0.25, 0.3) is 0 Å². The number of hydrazone groups is 1. The minimum absolute atomic E-state index is 0.370. The lowest BCUT2D eigenvalue weighted by Crippen LogP contribution is -2.54. The number of hydrazine groups is 2. The van der Waals surface area contributed by atoms with Gasteiger partial charge in [0.05, 0.1) is 0 Å².